The fourth-order valence-electron chi connectivity index (χ4n) is 2.48. The fourth-order valence-corrected chi connectivity index (χ4v) is 3.55. The molecule has 1 aliphatic rings. The number of sulfonamides is 1. The second-order valence-corrected chi connectivity index (χ2v) is 7.22. The van der Waals surface area contributed by atoms with Crippen molar-refractivity contribution < 1.29 is 28.2 Å². The molecular formula is C16H16N2O6S. The molecule has 0 saturated heterocycles. The molecule has 3 rings (SSSR count). The molecule has 0 unspecified atom stereocenters. The number of nitrogens with one attached hydrogen (secondary N) is 1. The molecule has 25 heavy (non-hydrogen) atoms. The number of aromatic hydroxyl groups is 1. The molecule has 0 atom stereocenters. The molecule has 0 bridgehead atoms. The molecule has 0 fully saturated rings. The van der Waals surface area contributed by atoms with Crippen molar-refractivity contribution in [2.24, 2.45) is 0 Å². The maximum Gasteiger partial charge on any atom is 0.339 e. The SMILES string of the molecule is CN1CCOc2ccc(S(=O)(=O)Nc3ccc(O)c(C(=O)O)c3)cc21. The minimum absolute atomic E-state index is 0.0218. The van der Waals surface area contributed by atoms with Gasteiger partial charge in [0.1, 0.15) is 23.7 Å². The number of carbonyl (C=O) groups is 1. The molecule has 3 N–H and O–H groups in total. The fraction of sp³-hybridized carbons (Fsp3) is 0.188. The third-order valence-electron chi connectivity index (χ3n) is 3.82. The van der Waals surface area contributed by atoms with Gasteiger partial charge in [-0.05, 0) is 36.4 Å². The zero-order chi connectivity index (χ0) is 18.2. The first-order valence-electron chi connectivity index (χ1n) is 7.35. The van der Waals surface area contributed by atoms with Crippen LogP contribution in [0.2, 0.25) is 0 Å². The van der Waals surface area contributed by atoms with Crippen LogP contribution in [0.15, 0.2) is 41.3 Å². The minimum Gasteiger partial charge on any atom is -0.507 e. The van der Waals surface area contributed by atoms with Gasteiger partial charge in [0, 0.05) is 12.7 Å². The zero-order valence-corrected chi connectivity index (χ0v) is 14.1. The van der Waals surface area contributed by atoms with E-state index in [-0.39, 0.29) is 10.6 Å². The van der Waals surface area contributed by atoms with E-state index in [9.17, 15) is 18.3 Å². The Labute approximate surface area is 144 Å². The monoisotopic (exact) mass is 364 g/mol. The maximum absolute atomic E-state index is 12.6. The number of carboxylic acids is 1. The number of hydrogen-bond acceptors (Lipinski definition) is 6. The van der Waals surface area contributed by atoms with E-state index in [1.807, 2.05) is 11.9 Å². The van der Waals surface area contributed by atoms with Crippen LogP contribution in [0.3, 0.4) is 0 Å². The Hall–Kier alpha value is -2.94. The lowest BCUT2D eigenvalue weighted by Crippen LogP contribution is -2.29. The number of nitrogens with zero attached hydrogens (tertiary/aromatic N) is 1. The highest BCUT2D eigenvalue weighted by atomic mass is 32.2. The van der Waals surface area contributed by atoms with Gasteiger partial charge in [-0.1, -0.05) is 0 Å². The predicted molar refractivity (Wildman–Crippen MR) is 91.1 cm³/mol. The largest absolute Gasteiger partial charge is 0.507 e. The molecule has 2 aromatic carbocycles. The van der Waals surface area contributed by atoms with E-state index in [0.717, 1.165) is 12.1 Å². The van der Waals surface area contributed by atoms with Gasteiger partial charge in [0.15, 0.2) is 0 Å². The maximum atomic E-state index is 12.6. The molecule has 2 aromatic rings. The molecule has 1 heterocycles. The normalized spacial score (nSPS) is 13.7. The summed E-state index contributed by atoms with van der Waals surface area (Å²) in [5.74, 6) is -1.19. The van der Waals surface area contributed by atoms with Crippen LogP contribution in [-0.4, -0.2) is 44.8 Å². The Morgan fingerprint density at radius 1 is 1.24 bits per heavy atom. The van der Waals surface area contributed by atoms with Crippen molar-refractivity contribution in [3.63, 3.8) is 0 Å². The number of anilines is 2. The van der Waals surface area contributed by atoms with E-state index < -0.39 is 27.3 Å². The zero-order valence-electron chi connectivity index (χ0n) is 13.3. The first-order chi connectivity index (χ1) is 11.8. The van der Waals surface area contributed by atoms with Crippen molar-refractivity contribution in [3.8, 4) is 11.5 Å². The van der Waals surface area contributed by atoms with Gasteiger partial charge in [-0.3, -0.25) is 4.72 Å². The van der Waals surface area contributed by atoms with Crippen molar-refractivity contribution in [1.82, 2.24) is 0 Å². The van der Waals surface area contributed by atoms with E-state index in [2.05, 4.69) is 4.72 Å². The lowest BCUT2D eigenvalue weighted by atomic mass is 10.2. The Balaban J connectivity index is 1.94. The van der Waals surface area contributed by atoms with Crippen molar-refractivity contribution in [2.75, 3.05) is 29.8 Å². The Morgan fingerprint density at radius 3 is 2.72 bits per heavy atom. The first-order valence-corrected chi connectivity index (χ1v) is 8.83. The van der Waals surface area contributed by atoms with Gasteiger partial charge in [0.2, 0.25) is 0 Å². The number of rotatable bonds is 4. The summed E-state index contributed by atoms with van der Waals surface area (Å²) in [6, 6.07) is 7.96. The Kier molecular flexibility index (Phi) is 4.17. The summed E-state index contributed by atoms with van der Waals surface area (Å²) in [7, 11) is -2.09. The number of benzene rings is 2. The minimum atomic E-state index is -3.93. The number of ether oxygens (including phenoxy) is 1. The number of hydrogen-bond donors (Lipinski definition) is 3. The van der Waals surface area contributed by atoms with Gasteiger partial charge in [-0.2, -0.15) is 0 Å². The van der Waals surface area contributed by atoms with Crippen molar-refractivity contribution in [1.29, 1.82) is 0 Å². The molecule has 0 radical (unpaired) electrons. The second kappa shape index (κ2) is 6.17. The number of carboxylic acid groups (broad SMARTS) is 1. The Morgan fingerprint density at radius 2 is 2.00 bits per heavy atom. The van der Waals surface area contributed by atoms with Gasteiger partial charge in [0.25, 0.3) is 10.0 Å². The molecule has 0 aliphatic carbocycles. The number of likely N-dealkylation sites (N-methyl/N-ethyl adjacent to an activating group) is 1. The third kappa shape index (κ3) is 3.31. The van der Waals surface area contributed by atoms with Gasteiger partial charge < -0.3 is 19.8 Å². The van der Waals surface area contributed by atoms with E-state index in [1.165, 1.54) is 18.2 Å². The highest BCUT2D eigenvalue weighted by Crippen LogP contribution is 2.33. The van der Waals surface area contributed by atoms with E-state index in [0.29, 0.717) is 24.6 Å². The van der Waals surface area contributed by atoms with Crippen molar-refractivity contribution >= 4 is 27.4 Å². The number of phenols is 1. The molecule has 0 aromatic heterocycles. The summed E-state index contributed by atoms with van der Waals surface area (Å²) in [5.41, 5.74) is 0.308. The highest BCUT2D eigenvalue weighted by molar-refractivity contribution is 7.92. The molecular weight excluding hydrogens is 348 g/mol. The quantitative estimate of drug-likeness (QED) is 0.707. The molecule has 8 nitrogen and oxygen atoms in total. The lowest BCUT2D eigenvalue weighted by molar-refractivity contribution is 0.0693. The van der Waals surface area contributed by atoms with Crippen LogP contribution in [0.1, 0.15) is 10.4 Å². The van der Waals surface area contributed by atoms with Crippen molar-refractivity contribution in [2.45, 2.75) is 4.90 Å². The molecule has 0 spiro atoms. The summed E-state index contributed by atoms with van der Waals surface area (Å²) >= 11 is 0. The van der Waals surface area contributed by atoms with E-state index in [1.54, 1.807) is 6.07 Å². The standard InChI is InChI=1S/C16H16N2O6S/c1-18-6-7-24-15-5-3-11(9-13(15)18)25(22,23)17-10-2-4-14(19)12(8-10)16(20)21/h2-5,8-9,17,19H,6-7H2,1H3,(H,20,21). The summed E-state index contributed by atoms with van der Waals surface area (Å²) in [5, 5.41) is 18.5. The van der Waals surface area contributed by atoms with Crippen LogP contribution in [-0.2, 0) is 10.0 Å². The second-order valence-electron chi connectivity index (χ2n) is 5.54. The average molecular weight is 364 g/mol. The number of fused-ring (bicyclic) bond motifs is 1. The first kappa shape index (κ1) is 16.9. The van der Waals surface area contributed by atoms with Crippen molar-refractivity contribution in [3.05, 3.63) is 42.0 Å². The summed E-state index contributed by atoms with van der Waals surface area (Å²) < 4.78 is 33.0. The molecule has 1 aliphatic heterocycles. The molecule has 132 valence electrons. The smallest absolute Gasteiger partial charge is 0.339 e. The van der Waals surface area contributed by atoms with Gasteiger partial charge in [-0.15, -0.1) is 0 Å². The molecule has 0 saturated carbocycles. The van der Waals surface area contributed by atoms with Crippen LogP contribution >= 0.6 is 0 Å². The molecule has 0 amide bonds. The average Bonchev–Trinajstić information content (AvgIpc) is 2.56. The third-order valence-corrected chi connectivity index (χ3v) is 5.19. The van der Waals surface area contributed by atoms with E-state index >= 15 is 0 Å². The van der Waals surface area contributed by atoms with Crippen LogP contribution in [0.25, 0.3) is 0 Å². The van der Waals surface area contributed by atoms with Gasteiger partial charge >= 0.3 is 5.97 Å². The summed E-state index contributed by atoms with van der Waals surface area (Å²) in [6.07, 6.45) is 0. The van der Waals surface area contributed by atoms with Gasteiger partial charge in [0.05, 0.1) is 17.1 Å². The van der Waals surface area contributed by atoms with Crippen LogP contribution < -0.4 is 14.4 Å². The van der Waals surface area contributed by atoms with Crippen LogP contribution in [0, 0.1) is 0 Å². The van der Waals surface area contributed by atoms with Crippen LogP contribution in [0.5, 0.6) is 11.5 Å². The topological polar surface area (TPSA) is 116 Å². The highest BCUT2D eigenvalue weighted by Gasteiger charge is 2.21. The summed E-state index contributed by atoms with van der Waals surface area (Å²) in [6.45, 7) is 1.17. The molecule has 9 heteroatoms. The van der Waals surface area contributed by atoms with Crippen LogP contribution in [0.4, 0.5) is 11.4 Å². The predicted octanol–water partition coefficient (Wildman–Crippen LogP) is 1.72. The summed E-state index contributed by atoms with van der Waals surface area (Å²) in [4.78, 5) is 13.0. The number of aromatic carboxylic acids is 1. The Bertz CT molecular complexity index is 942. The lowest BCUT2D eigenvalue weighted by Gasteiger charge is -2.28. The van der Waals surface area contributed by atoms with E-state index in [4.69, 9.17) is 9.84 Å². The van der Waals surface area contributed by atoms with Gasteiger partial charge in [-0.25, -0.2) is 13.2 Å².